The van der Waals surface area contributed by atoms with Crippen LogP contribution in [0.4, 0.5) is 0 Å². The lowest BCUT2D eigenvalue weighted by molar-refractivity contribution is 0.0208. The van der Waals surface area contributed by atoms with E-state index >= 15 is 0 Å². The molecule has 2 rings (SSSR count). The second-order valence-corrected chi connectivity index (χ2v) is 5.44. The van der Waals surface area contributed by atoms with Crippen molar-refractivity contribution in [3.63, 3.8) is 0 Å². The fourth-order valence-corrected chi connectivity index (χ4v) is 2.53. The van der Waals surface area contributed by atoms with Gasteiger partial charge >= 0.3 is 0 Å². The highest BCUT2D eigenvalue weighted by Gasteiger charge is 2.45. The summed E-state index contributed by atoms with van der Waals surface area (Å²) in [7, 11) is 2.17. The average Bonchev–Trinajstić information content (AvgIpc) is 2.82. The molecule has 2 aliphatic carbocycles. The monoisotopic (exact) mass is 183 g/mol. The molecule has 0 aliphatic heterocycles. The molecule has 0 aromatic carbocycles. The molecule has 2 saturated carbocycles. The molecule has 0 bridgehead atoms. The molecule has 0 spiro atoms. The van der Waals surface area contributed by atoms with Crippen LogP contribution in [0, 0.1) is 5.41 Å². The smallest absolute Gasteiger partial charge is 0.0746 e. The minimum atomic E-state index is -0.127. The number of likely N-dealkylation sites (N-methyl/N-ethyl adjacent to an activating group) is 1. The summed E-state index contributed by atoms with van der Waals surface area (Å²) in [5.74, 6) is 0. The molecule has 76 valence electrons. The lowest BCUT2D eigenvalue weighted by Gasteiger charge is -2.31. The van der Waals surface area contributed by atoms with Gasteiger partial charge in [0.25, 0.3) is 0 Å². The Balaban J connectivity index is 2.01. The molecule has 0 heterocycles. The summed E-state index contributed by atoms with van der Waals surface area (Å²) >= 11 is 0. The van der Waals surface area contributed by atoms with Crippen LogP contribution in [-0.4, -0.2) is 35.2 Å². The molecule has 1 N–H and O–H groups in total. The Morgan fingerprint density at radius 3 is 2.23 bits per heavy atom. The molecule has 2 heteroatoms. The first-order valence-corrected chi connectivity index (χ1v) is 5.42. The molecule has 0 radical (unpaired) electrons. The molecule has 13 heavy (non-hydrogen) atoms. The van der Waals surface area contributed by atoms with Crippen molar-refractivity contribution in [1.82, 2.24) is 4.90 Å². The average molecular weight is 183 g/mol. The molecule has 0 saturated heterocycles. The quantitative estimate of drug-likeness (QED) is 0.703. The predicted octanol–water partition coefficient (Wildman–Crippen LogP) is 1.63. The molecule has 2 aliphatic rings. The lowest BCUT2D eigenvalue weighted by atomic mass is 9.88. The van der Waals surface area contributed by atoms with Gasteiger partial charge in [0.15, 0.2) is 0 Å². The number of hydrogen-bond donors (Lipinski definition) is 1. The standard InChI is InChI=1S/C11H21NO/c1-11(2)7-6-9(10(11)13)12(3)8-4-5-8/h8-10,13H,4-7H2,1-3H3. The van der Waals surface area contributed by atoms with Crippen LogP contribution in [0.2, 0.25) is 0 Å². The maximum Gasteiger partial charge on any atom is 0.0746 e. The molecular weight excluding hydrogens is 162 g/mol. The third kappa shape index (κ3) is 1.62. The van der Waals surface area contributed by atoms with Gasteiger partial charge in [0.05, 0.1) is 6.10 Å². The molecule has 0 aromatic heterocycles. The van der Waals surface area contributed by atoms with Crippen LogP contribution in [0.3, 0.4) is 0 Å². The highest BCUT2D eigenvalue weighted by molar-refractivity contribution is 4.99. The Morgan fingerprint density at radius 1 is 1.23 bits per heavy atom. The van der Waals surface area contributed by atoms with Crippen LogP contribution in [0.15, 0.2) is 0 Å². The summed E-state index contributed by atoms with van der Waals surface area (Å²) in [6.45, 7) is 4.36. The minimum Gasteiger partial charge on any atom is -0.391 e. The van der Waals surface area contributed by atoms with Gasteiger partial charge in [-0.05, 0) is 38.1 Å². The first kappa shape index (κ1) is 9.47. The van der Waals surface area contributed by atoms with Gasteiger partial charge in [0, 0.05) is 12.1 Å². The van der Waals surface area contributed by atoms with Gasteiger partial charge in [-0.15, -0.1) is 0 Å². The first-order valence-electron chi connectivity index (χ1n) is 5.42. The summed E-state index contributed by atoms with van der Waals surface area (Å²) in [5, 5.41) is 10.1. The van der Waals surface area contributed by atoms with Crippen molar-refractivity contribution in [3.8, 4) is 0 Å². The van der Waals surface area contributed by atoms with Crippen molar-refractivity contribution in [2.75, 3.05) is 7.05 Å². The van der Waals surface area contributed by atoms with Crippen molar-refractivity contribution in [2.24, 2.45) is 5.41 Å². The first-order chi connectivity index (χ1) is 6.02. The highest BCUT2D eigenvalue weighted by Crippen LogP contribution is 2.42. The van der Waals surface area contributed by atoms with E-state index in [-0.39, 0.29) is 11.5 Å². The van der Waals surface area contributed by atoms with Gasteiger partial charge in [-0.25, -0.2) is 0 Å². The third-order valence-corrected chi connectivity index (χ3v) is 3.90. The number of nitrogens with zero attached hydrogens (tertiary/aromatic N) is 1. The number of rotatable bonds is 2. The van der Waals surface area contributed by atoms with Crippen LogP contribution >= 0.6 is 0 Å². The van der Waals surface area contributed by atoms with E-state index in [4.69, 9.17) is 0 Å². The lowest BCUT2D eigenvalue weighted by Crippen LogP contribution is -2.43. The van der Waals surface area contributed by atoms with E-state index in [2.05, 4.69) is 25.8 Å². The Bertz CT molecular complexity index is 198. The molecule has 2 unspecified atom stereocenters. The fourth-order valence-electron chi connectivity index (χ4n) is 2.53. The van der Waals surface area contributed by atoms with Crippen LogP contribution in [0.25, 0.3) is 0 Å². The SMILES string of the molecule is CN(C1CC1)C1CCC(C)(C)C1O. The van der Waals surface area contributed by atoms with Gasteiger partial charge in [0.1, 0.15) is 0 Å². The van der Waals surface area contributed by atoms with Crippen LogP contribution in [0.5, 0.6) is 0 Å². The predicted molar refractivity (Wildman–Crippen MR) is 53.6 cm³/mol. The van der Waals surface area contributed by atoms with Crippen LogP contribution in [0.1, 0.15) is 39.5 Å². The molecule has 0 aromatic rings. The number of hydrogen-bond acceptors (Lipinski definition) is 2. The molecule has 2 nitrogen and oxygen atoms in total. The van der Waals surface area contributed by atoms with Gasteiger partial charge < -0.3 is 5.11 Å². The number of aliphatic hydroxyl groups is 1. The van der Waals surface area contributed by atoms with Crippen molar-refractivity contribution in [2.45, 2.75) is 57.7 Å². The van der Waals surface area contributed by atoms with E-state index in [1.165, 1.54) is 19.3 Å². The Kier molecular flexibility index (Phi) is 2.16. The Labute approximate surface area is 80.9 Å². The van der Waals surface area contributed by atoms with E-state index in [1.807, 2.05) is 0 Å². The Hall–Kier alpha value is -0.0800. The molecule has 2 atom stereocenters. The van der Waals surface area contributed by atoms with E-state index in [0.717, 1.165) is 12.5 Å². The zero-order valence-electron chi connectivity index (χ0n) is 8.95. The van der Waals surface area contributed by atoms with Gasteiger partial charge in [-0.1, -0.05) is 13.8 Å². The van der Waals surface area contributed by atoms with E-state index in [1.54, 1.807) is 0 Å². The van der Waals surface area contributed by atoms with E-state index in [0.29, 0.717) is 6.04 Å². The molecular formula is C11H21NO. The molecule has 2 fully saturated rings. The zero-order valence-corrected chi connectivity index (χ0v) is 8.95. The topological polar surface area (TPSA) is 23.5 Å². The van der Waals surface area contributed by atoms with Gasteiger partial charge in [-0.2, -0.15) is 0 Å². The number of aliphatic hydroxyl groups excluding tert-OH is 1. The van der Waals surface area contributed by atoms with E-state index < -0.39 is 0 Å². The normalized spacial score (nSPS) is 38.5. The minimum absolute atomic E-state index is 0.127. The summed E-state index contributed by atoms with van der Waals surface area (Å²) in [4.78, 5) is 2.40. The van der Waals surface area contributed by atoms with Crippen LogP contribution < -0.4 is 0 Å². The third-order valence-electron chi connectivity index (χ3n) is 3.90. The summed E-state index contributed by atoms with van der Waals surface area (Å²) in [5.41, 5.74) is 0.133. The highest BCUT2D eigenvalue weighted by atomic mass is 16.3. The van der Waals surface area contributed by atoms with E-state index in [9.17, 15) is 5.11 Å². The maximum atomic E-state index is 10.1. The summed E-state index contributed by atoms with van der Waals surface area (Å²) in [6.07, 6.45) is 4.87. The molecule has 0 amide bonds. The maximum absolute atomic E-state index is 10.1. The summed E-state index contributed by atoms with van der Waals surface area (Å²) in [6, 6.07) is 1.19. The van der Waals surface area contributed by atoms with Crippen molar-refractivity contribution in [1.29, 1.82) is 0 Å². The van der Waals surface area contributed by atoms with Crippen molar-refractivity contribution in [3.05, 3.63) is 0 Å². The van der Waals surface area contributed by atoms with Crippen LogP contribution in [-0.2, 0) is 0 Å². The summed E-state index contributed by atoms with van der Waals surface area (Å²) < 4.78 is 0. The Morgan fingerprint density at radius 2 is 1.85 bits per heavy atom. The second-order valence-electron chi connectivity index (χ2n) is 5.44. The largest absolute Gasteiger partial charge is 0.391 e. The van der Waals surface area contributed by atoms with Gasteiger partial charge in [0.2, 0.25) is 0 Å². The second kappa shape index (κ2) is 2.96. The fraction of sp³-hybridized carbons (Fsp3) is 1.00. The van der Waals surface area contributed by atoms with Gasteiger partial charge in [-0.3, -0.25) is 4.90 Å². The van der Waals surface area contributed by atoms with Crippen molar-refractivity contribution >= 4 is 0 Å². The zero-order chi connectivity index (χ0) is 9.64. The van der Waals surface area contributed by atoms with Crippen molar-refractivity contribution < 1.29 is 5.11 Å².